The molecule has 3 fully saturated rings. The molecule has 3 saturated carbocycles. The molecule has 0 unspecified atom stereocenters. The highest BCUT2D eigenvalue weighted by molar-refractivity contribution is 7.99. The second-order valence-corrected chi connectivity index (χ2v) is 7.24. The molecule has 2 N–H and O–H groups in total. The highest BCUT2D eigenvalue weighted by atomic mass is 32.2. The van der Waals surface area contributed by atoms with Crippen LogP contribution in [0, 0.1) is 0 Å². The van der Waals surface area contributed by atoms with Crippen molar-refractivity contribution in [2.75, 3.05) is 5.75 Å². The second-order valence-electron chi connectivity index (χ2n) is 6.30. The van der Waals surface area contributed by atoms with Crippen molar-refractivity contribution < 1.29 is 9.59 Å². The first kappa shape index (κ1) is 14.0. The van der Waals surface area contributed by atoms with E-state index < -0.39 is 6.03 Å². The van der Waals surface area contributed by atoms with Gasteiger partial charge < -0.3 is 9.88 Å². The van der Waals surface area contributed by atoms with Crippen molar-refractivity contribution in [1.29, 1.82) is 0 Å². The van der Waals surface area contributed by atoms with E-state index in [-0.39, 0.29) is 17.7 Å². The predicted octanol–water partition coefficient (Wildman–Crippen LogP) is 1.57. The van der Waals surface area contributed by atoms with E-state index in [1.807, 2.05) is 0 Å². The molecule has 4 rings (SSSR count). The maximum Gasteiger partial charge on any atom is 0.321 e. The van der Waals surface area contributed by atoms with Crippen molar-refractivity contribution >= 4 is 23.7 Å². The zero-order valence-corrected chi connectivity index (χ0v) is 13.1. The van der Waals surface area contributed by atoms with Gasteiger partial charge in [0.2, 0.25) is 5.91 Å². The van der Waals surface area contributed by atoms with Crippen molar-refractivity contribution in [1.82, 2.24) is 25.4 Å². The lowest BCUT2D eigenvalue weighted by Gasteiger charge is -2.08. The number of carbonyl (C=O) groups excluding carboxylic acids is 2. The summed E-state index contributed by atoms with van der Waals surface area (Å²) >= 11 is 1.36. The molecule has 8 heteroatoms. The van der Waals surface area contributed by atoms with Gasteiger partial charge in [0.25, 0.3) is 0 Å². The van der Waals surface area contributed by atoms with Gasteiger partial charge in [0, 0.05) is 18.0 Å². The predicted molar refractivity (Wildman–Crippen MR) is 80.7 cm³/mol. The van der Waals surface area contributed by atoms with Crippen molar-refractivity contribution in [3.63, 3.8) is 0 Å². The first-order valence-electron chi connectivity index (χ1n) is 7.88. The molecule has 0 spiro atoms. The largest absolute Gasteiger partial charge is 0.335 e. The second kappa shape index (κ2) is 5.57. The molecule has 22 heavy (non-hydrogen) atoms. The average Bonchev–Trinajstić information content (AvgIpc) is 3.31. The topological polar surface area (TPSA) is 88.9 Å². The normalized spacial score (nSPS) is 20.7. The van der Waals surface area contributed by atoms with E-state index in [1.54, 1.807) is 0 Å². The van der Waals surface area contributed by atoms with Crippen LogP contribution in [0.5, 0.6) is 0 Å². The van der Waals surface area contributed by atoms with E-state index in [0.29, 0.717) is 12.0 Å². The molecule has 7 nitrogen and oxygen atoms in total. The first-order chi connectivity index (χ1) is 10.7. The van der Waals surface area contributed by atoms with Crippen LogP contribution < -0.4 is 10.6 Å². The van der Waals surface area contributed by atoms with Gasteiger partial charge in [-0.3, -0.25) is 10.1 Å². The third kappa shape index (κ3) is 3.26. The van der Waals surface area contributed by atoms with Crippen LogP contribution in [-0.4, -0.2) is 38.5 Å². The van der Waals surface area contributed by atoms with Crippen molar-refractivity contribution in [2.24, 2.45) is 0 Å². The number of nitrogens with zero attached hydrogens (tertiary/aromatic N) is 3. The van der Waals surface area contributed by atoms with Gasteiger partial charge in [-0.05, 0) is 38.5 Å². The Hall–Kier alpha value is -1.57. The van der Waals surface area contributed by atoms with Gasteiger partial charge in [-0.2, -0.15) is 0 Å². The highest BCUT2D eigenvalue weighted by Crippen LogP contribution is 2.45. The summed E-state index contributed by atoms with van der Waals surface area (Å²) < 4.78 is 2.21. The van der Waals surface area contributed by atoms with E-state index in [2.05, 4.69) is 25.4 Å². The molecule has 1 heterocycles. The minimum absolute atomic E-state index is 0.188. The number of urea groups is 1. The molecular formula is C14H19N5O2S. The average molecular weight is 321 g/mol. The maximum absolute atomic E-state index is 11.8. The van der Waals surface area contributed by atoms with Gasteiger partial charge in [0.1, 0.15) is 5.82 Å². The number of hydrogen-bond donors (Lipinski definition) is 2. The van der Waals surface area contributed by atoms with E-state index in [4.69, 9.17) is 0 Å². The lowest BCUT2D eigenvalue weighted by Crippen LogP contribution is -2.41. The minimum Gasteiger partial charge on any atom is -0.335 e. The van der Waals surface area contributed by atoms with Crippen LogP contribution in [0.2, 0.25) is 0 Å². The number of carbonyl (C=O) groups is 2. The lowest BCUT2D eigenvalue weighted by molar-refractivity contribution is -0.117. The fourth-order valence-corrected chi connectivity index (χ4v) is 3.24. The molecule has 0 atom stereocenters. The van der Waals surface area contributed by atoms with Gasteiger partial charge >= 0.3 is 6.03 Å². The van der Waals surface area contributed by atoms with Crippen molar-refractivity contribution in [3.8, 4) is 0 Å². The molecule has 3 amide bonds. The molecule has 0 aliphatic heterocycles. The van der Waals surface area contributed by atoms with Crippen LogP contribution in [0.25, 0.3) is 0 Å². The fourth-order valence-electron chi connectivity index (χ4n) is 2.42. The minimum atomic E-state index is -0.393. The van der Waals surface area contributed by atoms with Crippen LogP contribution in [0.1, 0.15) is 56.3 Å². The smallest absolute Gasteiger partial charge is 0.321 e. The van der Waals surface area contributed by atoms with Crippen molar-refractivity contribution in [2.45, 2.75) is 61.7 Å². The van der Waals surface area contributed by atoms with Crippen LogP contribution in [0.4, 0.5) is 4.79 Å². The molecule has 1 aromatic rings. The Bertz CT molecular complexity index is 604. The summed E-state index contributed by atoms with van der Waals surface area (Å²) in [4.78, 5) is 23.3. The van der Waals surface area contributed by atoms with Gasteiger partial charge in [-0.1, -0.05) is 11.8 Å². The lowest BCUT2D eigenvalue weighted by atomic mass is 10.4. The Morgan fingerprint density at radius 3 is 2.55 bits per heavy atom. The summed E-state index contributed by atoms with van der Waals surface area (Å²) in [7, 11) is 0. The van der Waals surface area contributed by atoms with E-state index in [9.17, 15) is 9.59 Å². The Labute approximate surface area is 132 Å². The molecule has 118 valence electrons. The van der Waals surface area contributed by atoms with Crippen LogP contribution in [0.3, 0.4) is 0 Å². The first-order valence-corrected chi connectivity index (χ1v) is 8.87. The van der Waals surface area contributed by atoms with Crippen LogP contribution in [-0.2, 0) is 4.79 Å². The summed E-state index contributed by atoms with van der Waals surface area (Å²) in [6.45, 7) is 0. The number of aromatic nitrogens is 3. The van der Waals surface area contributed by atoms with Crippen LogP contribution >= 0.6 is 11.8 Å². The number of imide groups is 1. The summed E-state index contributed by atoms with van der Waals surface area (Å²) in [5, 5.41) is 14.5. The third-order valence-electron chi connectivity index (χ3n) is 4.04. The Kier molecular flexibility index (Phi) is 3.56. The molecule has 0 radical (unpaired) electrons. The molecule has 0 saturated heterocycles. The maximum atomic E-state index is 11.8. The summed E-state index contributed by atoms with van der Waals surface area (Å²) in [6.07, 6.45) is 6.73. The zero-order chi connectivity index (χ0) is 15.1. The number of thioether (sulfide) groups is 1. The standard InChI is InChI=1S/C14H19N5O2S/c20-11(16-13(21)15-9-3-4-9)7-22-14-18-17-12(8-1-2-8)19(14)10-5-6-10/h8-10H,1-7H2,(H2,15,16,20,21). The number of hydrogen-bond acceptors (Lipinski definition) is 5. The van der Waals surface area contributed by atoms with E-state index in [1.165, 1.54) is 37.4 Å². The summed E-state index contributed by atoms with van der Waals surface area (Å²) in [6, 6.07) is 0.365. The summed E-state index contributed by atoms with van der Waals surface area (Å²) in [5.41, 5.74) is 0. The van der Waals surface area contributed by atoms with Gasteiger partial charge in [-0.25, -0.2) is 4.79 Å². The molecule has 0 aromatic carbocycles. The quantitative estimate of drug-likeness (QED) is 0.776. The molecule has 1 aromatic heterocycles. The SMILES string of the molecule is O=C(CSc1nnc(C2CC2)n1C1CC1)NC(=O)NC1CC1. The number of rotatable bonds is 6. The number of nitrogens with one attached hydrogen (secondary N) is 2. The van der Waals surface area contributed by atoms with Gasteiger partial charge in [-0.15, -0.1) is 10.2 Å². The Morgan fingerprint density at radius 1 is 1.14 bits per heavy atom. The third-order valence-corrected chi connectivity index (χ3v) is 4.99. The number of amides is 3. The highest BCUT2D eigenvalue weighted by Gasteiger charge is 2.36. The zero-order valence-electron chi connectivity index (χ0n) is 12.2. The molecule has 0 bridgehead atoms. The molecule has 3 aliphatic rings. The monoisotopic (exact) mass is 321 g/mol. The van der Waals surface area contributed by atoms with E-state index in [0.717, 1.165) is 23.8 Å². The molecular weight excluding hydrogens is 302 g/mol. The Morgan fingerprint density at radius 2 is 1.91 bits per heavy atom. The van der Waals surface area contributed by atoms with E-state index >= 15 is 0 Å². The van der Waals surface area contributed by atoms with Gasteiger partial charge in [0.05, 0.1) is 5.75 Å². The molecule has 3 aliphatic carbocycles. The van der Waals surface area contributed by atoms with Gasteiger partial charge in [0.15, 0.2) is 5.16 Å². The van der Waals surface area contributed by atoms with Crippen LogP contribution in [0.15, 0.2) is 5.16 Å². The summed E-state index contributed by atoms with van der Waals surface area (Å²) in [5.74, 6) is 1.53. The van der Waals surface area contributed by atoms with Crippen molar-refractivity contribution in [3.05, 3.63) is 5.82 Å². The fraction of sp³-hybridized carbons (Fsp3) is 0.714. The Balaban J connectivity index is 1.33.